The van der Waals surface area contributed by atoms with Gasteiger partial charge in [0.1, 0.15) is 35.7 Å². The number of hydrogen-bond acceptors (Lipinski definition) is 16. The van der Waals surface area contributed by atoms with Crippen LogP contribution in [0.4, 0.5) is 0 Å². The van der Waals surface area contributed by atoms with Gasteiger partial charge in [-0.3, -0.25) is 19.2 Å². The number of hydrogen-bond donors (Lipinski definition) is 4. The number of esters is 1. The first-order chi connectivity index (χ1) is 27.5. The van der Waals surface area contributed by atoms with E-state index in [0.717, 1.165) is 0 Å². The van der Waals surface area contributed by atoms with Crippen LogP contribution in [0.5, 0.6) is 11.5 Å². The third-order valence-corrected chi connectivity index (χ3v) is 12.4. The highest BCUT2D eigenvalue weighted by Gasteiger charge is 2.53. The number of methoxy groups -OCH3 is 1. The minimum absolute atomic E-state index is 0.00573. The number of fused-ring (bicyclic) bond motifs is 3. The number of benzene rings is 2. The largest absolute Gasteiger partial charge is 0.507 e. The van der Waals surface area contributed by atoms with Gasteiger partial charge in [-0.25, -0.2) is 0 Å². The highest BCUT2D eigenvalue weighted by atomic mass is 16.7. The Morgan fingerprint density at radius 1 is 0.897 bits per heavy atom. The normalized spacial score (nSPS) is 36.3. The lowest BCUT2D eigenvalue weighted by atomic mass is 9.67. The van der Waals surface area contributed by atoms with E-state index in [0.29, 0.717) is 12.8 Å². The fraction of sp³-hybridized carbons (Fsp3) is 0.619. The second-order valence-corrected chi connectivity index (χ2v) is 16.3. The van der Waals surface area contributed by atoms with Crippen LogP contribution in [0.15, 0.2) is 24.3 Å². The van der Waals surface area contributed by atoms with Crippen molar-refractivity contribution in [3.63, 3.8) is 0 Å². The highest BCUT2D eigenvalue weighted by Crippen LogP contribution is 2.54. The Hall–Kier alpha value is -3.84. The lowest BCUT2D eigenvalue weighted by Crippen LogP contribution is -2.58. The first-order valence-electron chi connectivity index (χ1n) is 19.9. The molecule has 3 heterocycles. The number of carbonyl (C=O) groups excluding carboxylic acids is 4. The molecular weight excluding hydrogens is 758 g/mol. The van der Waals surface area contributed by atoms with Crippen LogP contribution in [-0.2, 0) is 42.7 Å². The Kier molecular flexibility index (Phi) is 11.9. The molecule has 2 aromatic rings. The second kappa shape index (κ2) is 16.3. The molecule has 0 spiro atoms. The summed E-state index contributed by atoms with van der Waals surface area (Å²) >= 11 is 0. The third-order valence-electron chi connectivity index (χ3n) is 12.4. The van der Waals surface area contributed by atoms with E-state index in [4.69, 9.17) is 33.2 Å². The van der Waals surface area contributed by atoms with Gasteiger partial charge in [0.15, 0.2) is 30.4 Å². The Labute approximate surface area is 336 Å². The molecule has 3 fully saturated rings. The molecule has 3 aliphatic heterocycles. The van der Waals surface area contributed by atoms with Crippen molar-refractivity contribution in [2.24, 2.45) is 0 Å². The van der Waals surface area contributed by atoms with Gasteiger partial charge < -0.3 is 58.5 Å². The average molecular weight is 812 g/mol. The van der Waals surface area contributed by atoms with Crippen LogP contribution in [-0.4, -0.2) is 137 Å². The summed E-state index contributed by atoms with van der Waals surface area (Å²) in [5.41, 5.74) is -2.49. The summed E-state index contributed by atoms with van der Waals surface area (Å²) in [6.07, 6.45) is -6.64. The van der Waals surface area contributed by atoms with Crippen molar-refractivity contribution in [2.45, 2.75) is 145 Å². The highest BCUT2D eigenvalue weighted by molar-refractivity contribution is 6.30. The molecule has 3 saturated heterocycles. The van der Waals surface area contributed by atoms with E-state index in [1.165, 1.54) is 31.4 Å². The predicted molar refractivity (Wildman–Crippen MR) is 201 cm³/mol. The van der Waals surface area contributed by atoms with E-state index < -0.39 is 102 Å². The van der Waals surface area contributed by atoms with Crippen molar-refractivity contribution in [2.75, 3.05) is 21.2 Å². The fourth-order valence-electron chi connectivity index (χ4n) is 9.27. The Bertz CT molecular complexity index is 1940. The average Bonchev–Trinajstić information content (AvgIpc) is 3.17. The van der Waals surface area contributed by atoms with Crippen molar-refractivity contribution in [1.82, 2.24) is 4.90 Å². The Balaban J connectivity index is 1.13. The van der Waals surface area contributed by atoms with E-state index in [2.05, 4.69) is 0 Å². The monoisotopic (exact) mass is 811 g/mol. The van der Waals surface area contributed by atoms with Crippen LogP contribution in [0.25, 0.3) is 0 Å². The maximum atomic E-state index is 13.9. The van der Waals surface area contributed by atoms with Crippen molar-refractivity contribution in [1.29, 1.82) is 0 Å². The minimum Gasteiger partial charge on any atom is -0.507 e. The summed E-state index contributed by atoms with van der Waals surface area (Å²) in [5, 5.41) is 45.9. The standard InChI is InChI=1S/C42H53NO15/c1-8-42(51)17-28(33-22(35(42)41(50)52-7)14-23-34(38(33)49)37(48)32-21(36(23)47)10-9-11-26(32)45)56-30-15-24(43(5)6)39(19(3)54-30)58-31-16-27(46)40(20(4)55-31)57-29-13-12-25(44)18(2)53-29/h9-11,14,18-20,24,27-31,35,39-40,45-46,49,51H,8,12-13,15-17H2,1-7H3/t18?,19?,20?,24-,27-,28?,29-,30-,31-,35?,39+,40+,42?/m0/s1. The third kappa shape index (κ3) is 7.47. The first kappa shape index (κ1) is 42.3. The summed E-state index contributed by atoms with van der Waals surface area (Å²) in [7, 11) is 4.91. The molecular formula is C42H53NO15. The number of aliphatic hydroxyl groups excluding tert-OH is 1. The molecule has 0 aromatic heterocycles. The smallest absolute Gasteiger partial charge is 0.316 e. The van der Waals surface area contributed by atoms with Crippen LogP contribution in [0.1, 0.15) is 121 Å². The molecule has 7 rings (SSSR count). The molecule has 0 bridgehead atoms. The molecule has 2 aliphatic carbocycles. The summed E-state index contributed by atoms with van der Waals surface area (Å²) in [4.78, 5) is 55.0. The van der Waals surface area contributed by atoms with Gasteiger partial charge in [0.2, 0.25) is 5.78 Å². The van der Waals surface area contributed by atoms with Gasteiger partial charge >= 0.3 is 5.97 Å². The number of ketones is 3. The van der Waals surface area contributed by atoms with E-state index >= 15 is 0 Å². The van der Waals surface area contributed by atoms with Gasteiger partial charge in [0.25, 0.3) is 0 Å². The molecule has 5 aliphatic rings. The number of aromatic hydroxyl groups is 2. The van der Waals surface area contributed by atoms with Gasteiger partial charge in [-0.15, -0.1) is 0 Å². The van der Waals surface area contributed by atoms with Crippen LogP contribution in [0, 0.1) is 0 Å². The minimum atomic E-state index is -1.76. The van der Waals surface area contributed by atoms with Crippen molar-refractivity contribution in [3.05, 3.63) is 57.6 Å². The zero-order chi connectivity index (χ0) is 42.0. The molecule has 13 atom stereocenters. The topological polar surface area (TPSA) is 217 Å². The Morgan fingerprint density at radius 2 is 1.57 bits per heavy atom. The molecule has 0 saturated carbocycles. The van der Waals surface area contributed by atoms with E-state index in [9.17, 15) is 39.6 Å². The van der Waals surface area contributed by atoms with Crippen molar-refractivity contribution < 1.29 is 72.8 Å². The number of ether oxygens (including phenoxy) is 7. The van der Waals surface area contributed by atoms with Gasteiger partial charge in [-0.05, 0) is 59.0 Å². The summed E-state index contributed by atoms with van der Waals surface area (Å²) in [5.74, 6) is -4.59. The lowest BCUT2D eigenvalue weighted by Gasteiger charge is -2.48. The molecule has 6 unspecified atom stereocenters. The van der Waals surface area contributed by atoms with Gasteiger partial charge in [0.05, 0.1) is 48.3 Å². The van der Waals surface area contributed by atoms with E-state index in [1.54, 1.807) is 27.7 Å². The second-order valence-electron chi connectivity index (χ2n) is 16.3. The molecule has 58 heavy (non-hydrogen) atoms. The number of likely N-dealkylation sites (N-methyl/N-ethyl adjacent to an activating group) is 1. The summed E-state index contributed by atoms with van der Waals surface area (Å²) < 4.78 is 42.6. The molecule has 16 nitrogen and oxygen atoms in total. The van der Waals surface area contributed by atoms with Gasteiger partial charge in [-0.1, -0.05) is 19.1 Å². The number of phenols is 2. The fourth-order valence-corrected chi connectivity index (χ4v) is 9.27. The molecule has 4 N–H and O–H groups in total. The molecule has 0 radical (unpaired) electrons. The predicted octanol–water partition coefficient (Wildman–Crippen LogP) is 3.16. The maximum absolute atomic E-state index is 13.9. The molecule has 16 heteroatoms. The number of aliphatic hydroxyl groups is 2. The van der Waals surface area contributed by atoms with Crippen LogP contribution >= 0.6 is 0 Å². The number of carbonyl (C=O) groups is 4. The van der Waals surface area contributed by atoms with Crippen LogP contribution in [0.2, 0.25) is 0 Å². The summed E-state index contributed by atoms with van der Waals surface area (Å²) in [6.45, 7) is 6.95. The van der Waals surface area contributed by atoms with Crippen molar-refractivity contribution in [3.8, 4) is 11.5 Å². The number of nitrogens with zero attached hydrogens (tertiary/aromatic N) is 1. The SMILES string of the molecule is CCC1(O)CC(O[C@H]2C[C@H](N(C)C)[C@H](O[C@H]3C[C@H](O)[C@H](O[C@H]4CCC(=O)C(C)O4)C(C)O3)C(C)O2)c2c(cc3c(c2O)C(=O)c2c(O)cccc2C3=O)C1C(=O)OC. The van der Waals surface area contributed by atoms with E-state index in [1.807, 2.05) is 19.0 Å². The molecule has 0 amide bonds. The Morgan fingerprint density at radius 3 is 2.21 bits per heavy atom. The number of phenolic OH excluding ortho intramolecular Hbond substituents is 2. The van der Waals surface area contributed by atoms with Crippen molar-refractivity contribution >= 4 is 23.3 Å². The number of rotatable bonds is 9. The van der Waals surface area contributed by atoms with Gasteiger partial charge in [0, 0.05) is 54.8 Å². The number of Topliss-reactive ketones (excluding diaryl/α,β-unsaturated/α-hetero) is 1. The van der Waals surface area contributed by atoms with Crippen LogP contribution in [0.3, 0.4) is 0 Å². The molecule has 316 valence electrons. The summed E-state index contributed by atoms with van der Waals surface area (Å²) in [6, 6.07) is 5.11. The van der Waals surface area contributed by atoms with Crippen LogP contribution < -0.4 is 0 Å². The van der Waals surface area contributed by atoms with E-state index in [-0.39, 0.29) is 70.9 Å². The lowest BCUT2D eigenvalue weighted by molar-refractivity contribution is -0.324. The zero-order valence-electron chi connectivity index (χ0n) is 33.7. The quantitative estimate of drug-likeness (QED) is 0.228. The zero-order valence-corrected chi connectivity index (χ0v) is 33.7. The first-order valence-corrected chi connectivity index (χ1v) is 19.9. The maximum Gasteiger partial charge on any atom is 0.316 e. The molecule has 2 aromatic carbocycles. The van der Waals surface area contributed by atoms with Gasteiger partial charge in [-0.2, -0.15) is 0 Å².